The van der Waals surface area contributed by atoms with Gasteiger partial charge in [-0.3, -0.25) is 9.36 Å². The van der Waals surface area contributed by atoms with Crippen LogP contribution < -0.4 is 5.73 Å². The van der Waals surface area contributed by atoms with E-state index in [9.17, 15) is 4.79 Å². The molecule has 1 heterocycles. The second-order valence-electron chi connectivity index (χ2n) is 3.78. The molecule has 4 nitrogen and oxygen atoms in total. The van der Waals surface area contributed by atoms with Crippen molar-refractivity contribution in [1.29, 1.82) is 0 Å². The molecule has 0 saturated heterocycles. The van der Waals surface area contributed by atoms with Gasteiger partial charge in [0.05, 0.1) is 18.2 Å². The Hall–Kier alpha value is -1.65. The smallest absolute Gasteiger partial charge is 0.227 e. The Morgan fingerprint density at radius 1 is 1.50 bits per heavy atom. The van der Waals surface area contributed by atoms with Gasteiger partial charge in [-0.1, -0.05) is 18.2 Å². The third kappa shape index (κ3) is 1.62. The predicted octanol–water partition coefficient (Wildman–Crippen LogP) is 1.29. The molecular formula is C12H14N2O2. The number of hydrogen-bond donors (Lipinski definition) is 2. The molecule has 0 aliphatic carbocycles. The molecule has 1 atom stereocenters. The first kappa shape index (κ1) is 10.9. The van der Waals surface area contributed by atoms with Crippen molar-refractivity contribution in [1.82, 2.24) is 4.57 Å². The Kier molecular flexibility index (Phi) is 2.77. The normalized spacial score (nSPS) is 12.9. The zero-order valence-corrected chi connectivity index (χ0v) is 9.05. The van der Waals surface area contributed by atoms with E-state index in [0.717, 1.165) is 16.5 Å². The summed E-state index contributed by atoms with van der Waals surface area (Å²) < 4.78 is 1.56. The molecule has 1 aromatic carbocycles. The summed E-state index contributed by atoms with van der Waals surface area (Å²) in [5.74, 6) is -0.0624. The van der Waals surface area contributed by atoms with E-state index in [0.29, 0.717) is 0 Å². The van der Waals surface area contributed by atoms with Gasteiger partial charge < -0.3 is 10.8 Å². The van der Waals surface area contributed by atoms with Crippen molar-refractivity contribution in [3.05, 3.63) is 36.0 Å². The molecule has 0 saturated carbocycles. The number of rotatable bonds is 2. The van der Waals surface area contributed by atoms with Crippen LogP contribution in [0, 0.1) is 0 Å². The van der Waals surface area contributed by atoms with Crippen molar-refractivity contribution in [3.8, 4) is 0 Å². The largest absolute Gasteiger partial charge is 0.394 e. The number of aromatic nitrogens is 1. The SMILES string of the molecule is CC(=O)n1cc([C@@H](N)CO)c2ccccc21. The molecular weight excluding hydrogens is 204 g/mol. The molecule has 3 N–H and O–H groups in total. The van der Waals surface area contributed by atoms with Crippen LogP contribution in [0.2, 0.25) is 0 Å². The van der Waals surface area contributed by atoms with Gasteiger partial charge in [0.2, 0.25) is 5.91 Å². The summed E-state index contributed by atoms with van der Waals surface area (Å²) in [6.07, 6.45) is 1.70. The molecule has 0 aliphatic heterocycles. The first-order chi connectivity index (χ1) is 7.65. The zero-order valence-electron chi connectivity index (χ0n) is 9.05. The molecule has 0 unspecified atom stereocenters. The second-order valence-corrected chi connectivity index (χ2v) is 3.78. The van der Waals surface area contributed by atoms with Crippen LogP contribution in [0.25, 0.3) is 10.9 Å². The molecule has 0 bridgehead atoms. The molecule has 2 rings (SSSR count). The van der Waals surface area contributed by atoms with Gasteiger partial charge in [0.15, 0.2) is 0 Å². The average molecular weight is 218 g/mol. The van der Waals surface area contributed by atoms with Crippen molar-refractivity contribution in [2.75, 3.05) is 6.61 Å². The maximum Gasteiger partial charge on any atom is 0.227 e. The zero-order chi connectivity index (χ0) is 11.7. The highest BCUT2D eigenvalue weighted by atomic mass is 16.3. The first-order valence-corrected chi connectivity index (χ1v) is 5.12. The van der Waals surface area contributed by atoms with E-state index >= 15 is 0 Å². The third-order valence-electron chi connectivity index (χ3n) is 2.68. The van der Waals surface area contributed by atoms with E-state index in [1.807, 2.05) is 24.3 Å². The van der Waals surface area contributed by atoms with Gasteiger partial charge in [0.25, 0.3) is 0 Å². The molecule has 4 heteroatoms. The molecule has 0 aliphatic rings. The maximum absolute atomic E-state index is 11.4. The fourth-order valence-electron chi connectivity index (χ4n) is 1.86. The lowest BCUT2D eigenvalue weighted by molar-refractivity contribution is 0.0941. The Labute approximate surface area is 93.3 Å². The Morgan fingerprint density at radius 2 is 2.19 bits per heavy atom. The first-order valence-electron chi connectivity index (χ1n) is 5.12. The van der Waals surface area contributed by atoms with Crippen LogP contribution >= 0.6 is 0 Å². The molecule has 16 heavy (non-hydrogen) atoms. The van der Waals surface area contributed by atoms with Crippen molar-refractivity contribution in [2.24, 2.45) is 5.73 Å². The fraction of sp³-hybridized carbons (Fsp3) is 0.250. The van der Waals surface area contributed by atoms with Crippen LogP contribution in [0.1, 0.15) is 23.3 Å². The number of fused-ring (bicyclic) bond motifs is 1. The van der Waals surface area contributed by atoms with E-state index in [2.05, 4.69) is 0 Å². The summed E-state index contributed by atoms with van der Waals surface area (Å²) in [7, 11) is 0. The Balaban J connectivity index is 2.71. The molecule has 2 aromatic rings. The second kappa shape index (κ2) is 4.08. The van der Waals surface area contributed by atoms with E-state index in [-0.39, 0.29) is 12.5 Å². The number of carbonyl (C=O) groups excluding carboxylic acids is 1. The number of para-hydroxylation sites is 1. The van der Waals surface area contributed by atoms with Gasteiger partial charge >= 0.3 is 0 Å². The number of nitrogens with zero attached hydrogens (tertiary/aromatic N) is 1. The van der Waals surface area contributed by atoms with Crippen LogP contribution in [0.4, 0.5) is 0 Å². The van der Waals surface area contributed by atoms with Crippen LogP contribution in [-0.4, -0.2) is 22.2 Å². The minimum Gasteiger partial charge on any atom is -0.394 e. The summed E-state index contributed by atoms with van der Waals surface area (Å²) in [5, 5.41) is 9.99. The van der Waals surface area contributed by atoms with Crippen molar-refractivity contribution in [2.45, 2.75) is 13.0 Å². The van der Waals surface area contributed by atoms with Gasteiger partial charge in [-0.2, -0.15) is 0 Å². The van der Waals surface area contributed by atoms with E-state index in [4.69, 9.17) is 10.8 Å². The van der Waals surface area contributed by atoms with E-state index in [1.165, 1.54) is 6.92 Å². The van der Waals surface area contributed by atoms with Crippen molar-refractivity contribution in [3.63, 3.8) is 0 Å². The highest BCUT2D eigenvalue weighted by Gasteiger charge is 2.14. The topological polar surface area (TPSA) is 68.2 Å². The Bertz CT molecular complexity index is 531. The highest BCUT2D eigenvalue weighted by molar-refractivity contribution is 5.93. The Morgan fingerprint density at radius 3 is 2.81 bits per heavy atom. The third-order valence-corrected chi connectivity index (χ3v) is 2.68. The van der Waals surface area contributed by atoms with Crippen LogP contribution in [0.3, 0.4) is 0 Å². The maximum atomic E-state index is 11.4. The van der Waals surface area contributed by atoms with E-state index in [1.54, 1.807) is 10.8 Å². The van der Waals surface area contributed by atoms with Gasteiger partial charge in [-0.25, -0.2) is 0 Å². The summed E-state index contributed by atoms with van der Waals surface area (Å²) in [6, 6.07) is 7.07. The molecule has 0 radical (unpaired) electrons. The quantitative estimate of drug-likeness (QED) is 0.798. The molecule has 84 valence electrons. The van der Waals surface area contributed by atoms with Crippen LogP contribution in [-0.2, 0) is 0 Å². The molecule has 0 spiro atoms. The number of aliphatic hydroxyl groups is 1. The summed E-state index contributed by atoms with van der Waals surface area (Å²) in [5.41, 5.74) is 7.43. The summed E-state index contributed by atoms with van der Waals surface area (Å²) >= 11 is 0. The molecule has 0 amide bonds. The number of hydrogen-bond acceptors (Lipinski definition) is 3. The van der Waals surface area contributed by atoms with Gasteiger partial charge in [0.1, 0.15) is 0 Å². The predicted molar refractivity (Wildman–Crippen MR) is 62.3 cm³/mol. The minimum atomic E-state index is -0.453. The van der Waals surface area contributed by atoms with Gasteiger partial charge in [-0.05, 0) is 11.6 Å². The highest BCUT2D eigenvalue weighted by Crippen LogP contribution is 2.25. The number of carbonyl (C=O) groups is 1. The summed E-state index contributed by atoms with van der Waals surface area (Å²) in [4.78, 5) is 11.4. The molecule has 0 fully saturated rings. The number of benzene rings is 1. The lowest BCUT2D eigenvalue weighted by Crippen LogP contribution is -2.14. The molecule has 1 aromatic heterocycles. The monoisotopic (exact) mass is 218 g/mol. The minimum absolute atomic E-state index is 0.0624. The van der Waals surface area contributed by atoms with Crippen LogP contribution in [0.5, 0.6) is 0 Å². The number of nitrogens with two attached hydrogens (primary N) is 1. The summed E-state index contributed by atoms with van der Waals surface area (Å²) in [6.45, 7) is 1.37. The lowest BCUT2D eigenvalue weighted by Gasteiger charge is -2.05. The van der Waals surface area contributed by atoms with Gasteiger partial charge in [0, 0.05) is 18.5 Å². The van der Waals surface area contributed by atoms with Crippen molar-refractivity contribution < 1.29 is 9.90 Å². The average Bonchev–Trinajstić information content (AvgIpc) is 2.67. The van der Waals surface area contributed by atoms with Crippen molar-refractivity contribution >= 4 is 16.8 Å². The fourth-order valence-corrected chi connectivity index (χ4v) is 1.86. The van der Waals surface area contributed by atoms with Gasteiger partial charge in [-0.15, -0.1) is 0 Å². The number of aliphatic hydroxyl groups excluding tert-OH is 1. The lowest BCUT2D eigenvalue weighted by atomic mass is 10.1. The van der Waals surface area contributed by atoms with E-state index < -0.39 is 6.04 Å². The standard InChI is InChI=1S/C12H14N2O2/c1-8(16)14-6-10(11(13)7-15)9-4-2-3-5-12(9)14/h2-6,11,15H,7,13H2,1H3/t11-/m0/s1. The van der Waals surface area contributed by atoms with Crippen LogP contribution in [0.15, 0.2) is 30.5 Å².